The Bertz CT molecular complexity index is 606. The Morgan fingerprint density at radius 2 is 1.90 bits per heavy atom. The summed E-state index contributed by atoms with van der Waals surface area (Å²) in [6.07, 6.45) is -0.0941. The molecule has 0 saturated carbocycles. The first-order valence-electron chi connectivity index (χ1n) is 6.57. The van der Waals surface area contributed by atoms with Gasteiger partial charge in [-0.05, 0) is 48.4 Å². The molecule has 0 saturated heterocycles. The number of aliphatic hydroxyl groups is 1. The van der Waals surface area contributed by atoms with Crippen molar-refractivity contribution in [2.45, 2.75) is 12.5 Å². The normalized spacial score (nSPS) is 12.2. The van der Waals surface area contributed by atoms with E-state index in [-0.39, 0.29) is 5.82 Å². The zero-order valence-corrected chi connectivity index (χ0v) is 13.9. The summed E-state index contributed by atoms with van der Waals surface area (Å²) in [4.78, 5) is 1.97. The van der Waals surface area contributed by atoms with E-state index in [0.29, 0.717) is 23.6 Å². The molecule has 1 unspecified atom stereocenters. The first kappa shape index (κ1) is 16.3. The molecule has 2 rings (SSSR count). The molecule has 1 N–H and O–H groups in total. The maximum atomic E-state index is 12.9. The second-order valence-corrected chi connectivity index (χ2v) is 6.19. The van der Waals surface area contributed by atoms with Gasteiger partial charge in [-0.3, -0.25) is 0 Å². The maximum Gasteiger partial charge on any atom is 0.123 e. The minimum Gasteiger partial charge on any atom is -0.388 e. The molecule has 0 aliphatic rings. The molecular formula is C16H16BrClFNO. The predicted molar refractivity (Wildman–Crippen MR) is 88.4 cm³/mol. The molecule has 5 heteroatoms. The molecule has 0 amide bonds. The molecule has 2 aromatic carbocycles. The predicted octanol–water partition coefficient (Wildman–Crippen LogP) is 4.80. The number of rotatable bonds is 5. The van der Waals surface area contributed by atoms with Crippen LogP contribution in [0.2, 0.25) is 5.02 Å². The van der Waals surface area contributed by atoms with Gasteiger partial charge >= 0.3 is 0 Å². The fourth-order valence-electron chi connectivity index (χ4n) is 2.07. The van der Waals surface area contributed by atoms with Crippen LogP contribution in [0.1, 0.15) is 18.1 Å². The summed E-state index contributed by atoms with van der Waals surface area (Å²) in [5.41, 5.74) is 1.62. The molecule has 0 aliphatic carbocycles. The number of halogens is 3. The van der Waals surface area contributed by atoms with Gasteiger partial charge in [0.15, 0.2) is 0 Å². The van der Waals surface area contributed by atoms with Gasteiger partial charge in [-0.25, -0.2) is 4.39 Å². The van der Waals surface area contributed by atoms with Crippen molar-refractivity contribution >= 4 is 33.2 Å². The zero-order chi connectivity index (χ0) is 15.4. The third-order valence-corrected chi connectivity index (χ3v) is 4.15. The number of anilines is 1. The highest BCUT2D eigenvalue weighted by Crippen LogP contribution is 2.28. The summed E-state index contributed by atoms with van der Waals surface area (Å²) in [6, 6.07) is 11.7. The highest BCUT2D eigenvalue weighted by Gasteiger charge is 2.13. The van der Waals surface area contributed by atoms with Crippen LogP contribution in [0.3, 0.4) is 0 Å². The van der Waals surface area contributed by atoms with Gasteiger partial charge in [-0.2, -0.15) is 0 Å². The van der Waals surface area contributed by atoms with E-state index in [9.17, 15) is 9.50 Å². The third kappa shape index (κ3) is 4.43. The molecule has 2 aromatic rings. The first-order chi connectivity index (χ1) is 9.97. The van der Waals surface area contributed by atoms with Crippen molar-refractivity contribution in [1.29, 1.82) is 0 Å². The van der Waals surface area contributed by atoms with E-state index in [1.807, 2.05) is 24.1 Å². The number of nitrogens with zero attached hydrogens (tertiary/aromatic N) is 1. The molecule has 0 aliphatic heterocycles. The number of hydrogen-bond acceptors (Lipinski definition) is 2. The monoisotopic (exact) mass is 371 g/mol. The van der Waals surface area contributed by atoms with Crippen molar-refractivity contribution in [2.75, 3.05) is 18.5 Å². The molecular weight excluding hydrogens is 357 g/mol. The van der Waals surface area contributed by atoms with Crippen LogP contribution in [0.15, 0.2) is 46.9 Å². The molecule has 0 spiro atoms. The van der Waals surface area contributed by atoms with E-state index >= 15 is 0 Å². The summed E-state index contributed by atoms with van der Waals surface area (Å²) in [6.45, 7) is 0.638. The third-order valence-electron chi connectivity index (χ3n) is 3.33. The summed E-state index contributed by atoms with van der Waals surface area (Å²) in [5.74, 6) is -0.256. The van der Waals surface area contributed by atoms with Crippen LogP contribution in [0.25, 0.3) is 0 Å². The molecule has 0 fully saturated rings. The van der Waals surface area contributed by atoms with Gasteiger partial charge in [0, 0.05) is 28.8 Å². The standard InChI is InChI=1S/C16H16BrClFNO/c1-20(13-5-3-12(19)4-6-13)9-8-16(21)14-7-2-11(17)10-15(14)18/h2-7,10,16,21H,8-9H2,1H3. The van der Waals surface area contributed by atoms with Crippen LogP contribution in [-0.2, 0) is 0 Å². The zero-order valence-electron chi connectivity index (χ0n) is 11.6. The van der Waals surface area contributed by atoms with Gasteiger partial charge in [0.2, 0.25) is 0 Å². The van der Waals surface area contributed by atoms with Gasteiger partial charge in [0.05, 0.1) is 6.10 Å². The Morgan fingerprint density at radius 1 is 1.24 bits per heavy atom. The van der Waals surface area contributed by atoms with E-state index in [2.05, 4.69) is 15.9 Å². The number of benzene rings is 2. The van der Waals surface area contributed by atoms with E-state index in [0.717, 1.165) is 10.2 Å². The molecule has 0 aromatic heterocycles. The van der Waals surface area contributed by atoms with E-state index in [4.69, 9.17) is 11.6 Å². The lowest BCUT2D eigenvalue weighted by atomic mass is 10.1. The second-order valence-electron chi connectivity index (χ2n) is 4.87. The van der Waals surface area contributed by atoms with Gasteiger partial charge < -0.3 is 10.0 Å². The van der Waals surface area contributed by atoms with Gasteiger partial charge in [0.1, 0.15) is 5.82 Å². The Labute approximate surface area is 137 Å². The average molecular weight is 373 g/mol. The fourth-order valence-corrected chi connectivity index (χ4v) is 2.87. The van der Waals surface area contributed by atoms with Crippen molar-refractivity contribution in [3.63, 3.8) is 0 Å². The molecule has 0 heterocycles. The van der Waals surface area contributed by atoms with E-state index in [1.54, 1.807) is 18.2 Å². The fraction of sp³-hybridized carbons (Fsp3) is 0.250. The van der Waals surface area contributed by atoms with E-state index in [1.165, 1.54) is 12.1 Å². The minimum absolute atomic E-state index is 0.256. The highest BCUT2D eigenvalue weighted by molar-refractivity contribution is 9.10. The summed E-state index contributed by atoms with van der Waals surface area (Å²) in [7, 11) is 1.91. The lowest BCUT2D eigenvalue weighted by Gasteiger charge is -2.21. The Hall–Kier alpha value is -1.10. The Kier molecular flexibility index (Phi) is 5.62. The first-order valence-corrected chi connectivity index (χ1v) is 7.74. The summed E-state index contributed by atoms with van der Waals surface area (Å²) in [5, 5.41) is 10.8. The largest absolute Gasteiger partial charge is 0.388 e. The Morgan fingerprint density at radius 3 is 2.52 bits per heavy atom. The lowest BCUT2D eigenvalue weighted by Crippen LogP contribution is -2.20. The minimum atomic E-state index is -0.631. The van der Waals surface area contributed by atoms with Gasteiger partial charge in [-0.15, -0.1) is 0 Å². The topological polar surface area (TPSA) is 23.5 Å². The van der Waals surface area contributed by atoms with Crippen LogP contribution in [0.4, 0.5) is 10.1 Å². The quantitative estimate of drug-likeness (QED) is 0.815. The van der Waals surface area contributed by atoms with Crippen LogP contribution >= 0.6 is 27.5 Å². The molecule has 0 radical (unpaired) electrons. The highest BCUT2D eigenvalue weighted by atomic mass is 79.9. The van der Waals surface area contributed by atoms with Gasteiger partial charge in [-0.1, -0.05) is 33.6 Å². The molecule has 1 atom stereocenters. The second kappa shape index (κ2) is 7.25. The van der Waals surface area contributed by atoms with Crippen LogP contribution in [-0.4, -0.2) is 18.7 Å². The summed E-state index contributed by atoms with van der Waals surface area (Å²) < 4.78 is 13.8. The molecule has 0 bridgehead atoms. The summed E-state index contributed by atoms with van der Waals surface area (Å²) >= 11 is 9.47. The lowest BCUT2D eigenvalue weighted by molar-refractivity contribution is 0.170. The molecule has 21 heavy (non-hydrogen) atoms. The Balaban J connectivity index is 1.97. The average Bonchev–Trinajstić information content (AvgIpc) is 2.45. The van der Waals surface area contributed by atoms with Crippen molar-refractivity contribution in [1.82, 2.24) is 0 Å². The maximum absolute atomic E-state index is 12.9. The number of aliphatic hydroxyl groups excluding tert-OH is 1. The van der Waals surface area contributed by atoms with Crippen molar-refractivity contribution in [3.8, 4) is 0 Å². The molecule has 112 valence electrons. The van der Waals surface area contributed by atoms with Crippen molar-refractivity contribution < 1.29 is 9.50 Å². The van der Waals surface area contributed by atoms with Crippen LogP contribution in [0.5, 0.6) is 0 Å². The molecule has 2 nitrogen and oxygen atoms in total. The van der Waals surface area contributed by atoms with Crippen molar-refractivity contribution in [3.05, 3.63) is 63.3 Å². The smallest absolute Gasteiger partial charge is 0.123 e. The SMILES string of the molecule is CN(CCC(O)c1ccc(Br)cc1Cl)c1ccc(F)cc1. The van der Waals surface area contributed by atoms with E-state index < -0.39 is 6.10 Å². The van der Waals surface area contributed by atoms with Crippen molar-refractivity contribution in [2.24, 2.45) is 0 Å². The number of hydrogen-bond donors (Lipinski definition) is 1. The van der Waals surface area contributed by atoms with Gasteiger partial charge in [0.25, 0.3) is 0 Å². The van der Waals surface area contributed by atoms with Crippen LogP contribution < -0.4 is 4.90 Å². The van der Waals surface area contributed by atoms with Crippen LogP contribution in [0, 0.1) is 5.82 Å².